The maximum Gasteiger partial charge on any atom is 0.319 e. The lowest BCUT2D eigenvalue weighted by atomic mass is 9.94. The van der Waals surface area contributed by atoms with Crippen molar-refractivity contribution in [2.75, 3.05) is 5.32 Å². The number of anilines is 1. The van der Waals surface area contributed by atoms with Gasteiger partial charge in [0.1, 0.15) is 5.82 Å². The molecular formula is C18H15FN4O4. The zero-order valence-electron chi connectivity index (χ0n) is 14.2. The smallest absolute Gasteiger partial charge is 0.319 e. The average Bonchev–Trinajstić information content (AvgIpc) is 2.63. The van der Waals surface area contributed by atoms with Gasteiger partial charge in [0.2, 0.25) is 0 Å². The van der Waals surface area contributed by atoms with Crippen LogP contribution in [0.3, 0.4) is 0 Å². The highest BCUT2D eigenvalue weighted by Gasteiger charge is 2.31. The highest BCUT2D eigenvalue weighted by molar-refractivity contribution is 6.06. The minimum absolute atomic E-state index is 0.00199. The number of hydrogen-bond acceptors (Lipinski definition) is 4. The number of hydrogen-bond donors (Lipinski definition) is 3. The molecule has 0 fully saturated rings. The van der Waals surface area contributed by atoms with Gasteiger partial charge in [-0.25, -0.2) is 9.18 Å². The summed E-state index contributed by atoms with van der Waals surface area (Å²) in [5, 5.41) is 18.4. The van der Waals surface area contributed by atoms with E-state index in [1.807, 2.05) is 0 Å². The molecule has 1 heterocycles. The average molecular weight is 370 g/mol. The van der Waals surface area contributed by atoms with Crippen LogP contribution in [0.15, 0.2) is 59.8 Å². The molecule has 0 aliphatic carbocycles. The van der Waals surface area contributed by atoms with Crippen molar-refractivity contribution >= 4 is 23.3 Å². The predicted molar refractivity (Wildman–Crippen MR) is 95.2 cm³/mol. The van der Waals surface area contributed by atoms with Crippen molar-refractivity contribution in [3.8, 4) is 0 Å². The lowest BCUT2D eigenvalue weighted by Gasteiger charge is -2.28. The number of halogens is 1. The summed E-state index contributed by atoms with van der Waals surface area (Å²) in [5.41, 5.74) is 0.843. The number of nitrogens with one attached hydrogen (secondary N) is 3. The molecule has 2 aromatic carbocycles. The van der Waals surface area contributed by atoms with E-state index in [2.05, 4.69) is 16.0 Å². The zero-order chi connectivity index (χ0) is 19.6. The van der Waals surface area contributed by atoms with Crippen LogP contribution in [-0.2, 0) is 4.79 Å². The van der Waals surface area contributed by atoms with E-state index >= 15 is 0 Å². The third-order valence-corrected chi connectivity index (χ3v) is 4.07. The van der Waals surface area contributed by atoms with Crippen molar-refractivity contribution in [3.63, 3.8) is 0 Å². The fourth-order valence-corrected chi connectivity index (χ4v) is 2.79. The molecule has 0 bridgehead atoms. The summed E-state index contributed by atoms with van der Waals surface area (Å²) < 4.78 is 13.8. The van der Waals surface area contributed by atoms with E-state index in [1.165, 1.54) is 42.5 Å². The second-order valence-corrected chi connectivity index (χ2v) is 5.85. The Kier molecular flexibility index (Phi) is 4.84. The third kappa shape index (κ3) is 3.76. The molecule has 3 amide bonds. The molecule has 3 rings (SSSR count). The molecule has 1 aliphatic rings. The number of nitro groups is 1. The Bertz CT molecular complexity index is 956. The molecule has 0 spiro atoms. The van der Waals surface area contributed by atoms with E-state index in [0.717, 1.165) is 0 Å². The van der Waals surface area contributed by atoms with Crippen LogP contribution in [0.4, 0.5) is 20.6 Å². The van der Waals surface area contributed by atoms with E-state index in [-0.39, 0.29) is 16.9 Å². The Morgan fingerprint density at radius 3 is 2.48 bits per heavy atom. The number of carbonyl (C=O) groups is 2. The Balaban J connectivity index is 1.95. The molecule has 0 saturated heterocycles. The normalized spacial score (nSPS) is 16.4. The molecule has 0 unspecified atom stereocenters. The standard InChI is InChI=1S/C18H15FN4O4/c1-10-15(17(24)21-14-5-3-2-4-13(14)19)16(22-18(25)20-10)11-6-8-12(9-7-11)23(26)27/h2-9,16H,1H3,(H,21,24)(H2,20,22,25)/t16-/m0/s1. The summed E-state index contributed by atoms with van der Waals surface area (Å²) in [7, 11) is 0. The molecule has 3 N–H and O–H groups in total. The topological polar surface area (TPSA) is 113 Å². The minimum atomic E-state index is -0.841. The molecular weight excluding hydrogens is 355 g/mol. The maximum absolute atomic E-state index is 13.8. The van der Waals surface area contributed by atoms with Crippen LogP contribution in [0.5, 0.6) is 0 Å². The second kappa shape index (κ2) is 7.24. The van der Waals surface area contributed by atoms with Gasteiger partial charge in [0.15, 0.2) is 0 Å². The first-order valence-corrected chi connectivity index (χ1v) is 7.95. The maximum atomic E-state index is 13.8. The first-order valence-electron chi connectivity index (χ1n) is 7.95. The molecule has 0 radical (unpaired) electrons. The van der Waals surface area contributed by atoms with Gasteiger partial charge in [0, 0.05) is 17.8 Å². The number of allylic oxidation sites excluding steroid dienone is 1. The van der Waals surface area contributed by atoms with Crippen LogP contribution in [0.25, 0.3) is 0 Å². The SMILES string of the molecule is CC1=C(C(=O)Nc2ccccc2F)[C@H](c2ccc([N+](=O)[O-])cc2)NC(=O)N1. The van der Waals surface area contributed by atoms with Crippen molar-refractivity contribution in [3.05, 3.63) is 81.3 Å². The molecule has 2 aromatic rings. The van der Waals surface area contributed by atoms with E-state index < -0.39 is 28.7 Å². The van der Waals surface area contributed by atoms with Gasteiger partial charge in [-0.1, -0.05) is 12.1 Å². The summed E-state index contributed by atoms with van der Waals surface area (Å²) in [6, 6.07) is 9.83. The van der Waals surface area contributed by atoms with Crippen molar-refractivity contribution in [1.29, 1.82) is 0 Å². The summed E-state index contributed by atoms with van der Waals surface area (Å²) in [4.78, 5) is 34.9. The number of nitrogens with zero attached hydrogens (tertiary/aromatic N) is 1. The van der Waals surface area contributed by atoms with E-state index in [0.29, 0.717) is 11.3 Å². The lowest BCUT2D eigenvalue weighted by Crippen LogP contribution is -2.46. The molecule has 1 aliphatic heterocycles. The van der Waals surface area contributed by atoms with Gasteiger partial charge in [0.05, 0.1) is 22.2 Å². The Morgan fingerprint density at radius 2 is 1.85 bits per heavy atom. The Labute approximate surface area is 153 Å². The Morgan fingerprint density at radius 1 is 1.19 bits per heavy atom. The number of urea groups is 1. The lowest BCUT2D eigenvalue weighted by molar-refractivity contribution is -0.384. The summed E-state index contributed by atoms with van der Waals surface area (Å²) in [6.07, 6.45) is 0. The van der Waals surface area contributed by atoms with E-state index in [1.54, 1.807) is 13.0 Å². The highest BCUT2D eigenvalue weighted by Crippen LogP contribution is 2.29. The van der Waals surface area contributed by atoms with Gasteiger partial charge in [0.25, 0.3) is 11.6 Å². The third-order valence-electron chi connectivity index (χ3n) is 4.07. The van der Waals surface area contributed by atoms with Crippen LogP contribution in [0, 0.1) is 15.9 Å². The van der Waals surface area contributed by atoms with Gasteiger partial charge in [-0.05, 0) is 36.8 Å². The number of non-ortho nitro benzene ring substituents is 1. The van der Waals surface area contributed by atoms with Crippen molar-refractivity contribution in [1.82, 2.24) is 10.6 Å². The first-order chi connectivity index (χ1) is 12.9. The monoisotopic (exact) mass is 370 g/mol. The van der Waals surface area contributed by atoms with Crippen LogP contribution >= 0.6 is 0 Å². The van der Waals surface area contributed by atoms with E-state index in [9.17, 15) is 24.1 Å². The largest absolute Gasteiger partial charge is 0.327 e. The predicted octanol–water partition coefficient (Wildman–Crippen LogP) is 3.00. The number of benzene rings is 2. The molecule has 9 heteroatoms. The van der Waals surface area contributed by atoms with Gasteiger partial charge in [-0.15, -0.1) is 0 Å². The van der Waals surface area contributed by atoms with Crippen LogP contribution < -0.4 is 16.0 Å². The molecule has 0 aromatic heterocycles. The minimum Gasteiger partial charge on any atom is -0.327 e. The molecule has 0 saturated carbocycles. The van der Waals surface area contributed by atoms with Gasteiger partial charge < -0.3 is 16.0 Å². The van der Waals surface area contributed by atoms with Crippen molar-refractivity contribution < 1.29 is 18.9 Å². The van der Waals surface area contributed by atoms with Crippen LogP contribution in [0.2, 0.25) is 0 Å². The van der Waals surface area contributed by atoms with Gasteiger partial charge in [-0.3, -0.25) is 14.9 Å². The second-order valence-electron chi connectivity index (χ2n) is 5.85. The number of para-hydroxylation sites is 1. The summed E-state index contributed by atoms with van der Waals surface area (Å²) in [6.45, 7) is 1.55. The first kappa shape index (κ1) is 18.1. The van der Waals surface area contributed by atoms with Gasteiger partial charge in [-0.2, -0.15) is 0 Å². The quantitative estimate of drug-likeness (QED) is 0.567. The summed E-state index contributed by atoms with van der Waals surface area (Å²) >= 11 is 0. The number of rotatable bonds is 4. The molecule has 8 nitrogen and oxygen atoms in total. The number of carbonyl (C=O) groups excluding carboxylic acids is 2. The fraction of sp³-hybridized carbons (Fsp3) is 0.111. The van der Waals surface area contributed by atoms with Crippen molar-refractivity contribution in [2.45, 2.75) is 13.0 Å². The van der Waals surface area contributed by atoms with Crippen LogP contribution in [-0.4, -0.2) is 16.9 Å². The molecule has 138 valence electrons. The number of amides is 3. The zero-order valence-corrected chi connectivity index (χ0v) is 14.2. The fourth-order valence-electron chi connectivity index (χ4n) is 2.79. The molecule has 1 atom stereocenters. The van der Waals surface area contributed by atoms with E-state index in [4.69, 9.17) is 0 Å². The number of nitro benzene ring substituents is 1. The van der Waals surface area contributed by atoms with Gasteiger partial charge >= 0.3 is 6.03 Å². The van der Waals surface area contributed by atoms with Crippen LogP contribution in [0.1, 0.15) is 18.5 Å². The Hall–Kier alpha value is -3.75. The summed E-state index contributed by atoms with van der Waals surface area (Å²) in [5.74, 6) is -1.20. The highest BCUT2D eigenvalue weighted by atomic mass is 19.1. The van der Waals surface area contributed by atoms with Crippen molar-refractivity contribution in [2.24, 2.45) is 0 Å². The molecule has 27 heavy (non-hydrogen) atoms.